The molecule has 7 nitrogen and oxygen atoms in total. The third-order valence-corrected chi connectivity index (χ3v) is 8.11. The molecule has 31 heavy (non-hydrogen) atoms. The highest BCUT2D eigenvalue weighted by Crippen LogP contribution is 2.29. The molecule has 1 aliphatic heterocycles. The van der Waals surface area contributed by atoms with Crippen molar-refractivity contribution in [3.05, 3.63) is 46.4 Å². The number of hydrogen-bond donors (Lipinski definition) is 1. The topological polar surface area (TPSA) is 92.5 Å². The number of rotatable bonds is 6. The molecule has 0 saturated carbocycles. The molecule has 3 aromatic rings. The van der Waals surface area contributed by atoms with Crippen LogP contribution in [0.3, 0.4) is 0 Å². The van der Waals surface area contributed by atoms with Crippen molar-refractivity contribution in [2.24, 2.45) is 0 Å². The molecule has 2 heterocycles. The van der Waals surface area contributed by atoms with Gasteiger partial charge in [0.05, 0.1) is 21.4 Å². The maximum atomic E-state index is 12.9. The number of nitrogens with zero attached hydrogens (tertiary/aromatic N) is 2. The normalized spacial score (nSPS) is 15.3. The number of piperidine rings is 1. The Hall–Kier alpha value is -1.78. The molecule has 2 aromatic carbocycles. The van der Waals surface area contributed by atoms with Crippen molar-refractivity contribution in [3.8, 4) is 0 Å². The third-order valence-electron chi connectivity index (χ3n) is 4.82. The van der Waals surface area contributed by atoms with E-state index < -0.39 is 10.0 Å². The fourth-order valence-electron chi connectivity index (χ4n) is 3.27. The fraction of sp³-hybridized carbons (Fsp3) is 0.300. The number of carbonyl (C=O) groups is 1. The fourth-order valence-corrected chi connectivity index (χ4v) is 5.78. The van der Waals surface area contributed by atoms with Crippen molar-refractivity contribution >= 4 is 67.7 Å². The molecule has 0 unspecified atom stereocenters. The molecule has 1 aliphatic rings. The van der Waals surface area contributed by atoms with Crippen molar-refractivity contribution in [2.45, 2.75) is 29.4 Å². The second-order valence-electron chi connectivity index (χ2n) is 7.04. The van der Waals surface area contributed by atoms with Crippen LogP contribution in [-0.4, -0.2) is 42.5 Å². The van der Waals surface area contributed by atoms with Gasteiger partial charge >= 0.3 is 0 Å². The maximum Gasteiger partial charge on any atom is 0.257 e. The first-order valence-corrected chi connectivity index (χ1v) is 12.8. The van der Waals surface area contributed by atoms with Gasteiger partial charge in [-0.3, -0.25) is 4.79 Å². The number of carbonyl (C=O) groups excluding carboxylic acids is 1. The molecule has 0 bridgehead atoms. The Bertz CT molecular complexity index is 1220. The Morgan fingerprint density at radius 1 is 1.13 bits per heavy atom. The highest BCUT2D eigenvalue weighted by atomic mass is 35.5. The summed E-state index contributed by atoms with van der Waals surface area (Å²) >= 11 is 13.2. The summed E-state index contributed by atoms with van der Waals surface area (Å²) in [6.45, 7) is 0.998. The minimum atomic E-state index is -3.63. The molecule has 1 N–H and O–H groups in total. The Balaban J connectivity index is 1.44. The van der Waals surface area contributed by atoms with Gasteiger partial charge in [-0.15, -0.1) is 0 Å². The van der Waals surface area contributed by atoms with Gasteiger partial charge < -0.3 is 9.73 Å². The van der Waals surface area contributed by atoms with Crippen LogP contribution in [0.2, 0.25) is 10.0 Å². The Morgan fingerprint density at radius 3 is 2.68 bits per heavy atom. The van der Waals surface area contributed by atoms with Gasteiger partial charge in [0.25, 0.3) is 5.22 Å². The van der Waals surface area contributed by atoms with Crippen LogP contribution in [0.1, 0.15) is 19.3 Å². The Morgan fingerprint density at radius 2 is 1.90 bits per heavy atom. The van der Waals surface area contributed by atoms with E-state index in [2.05, 4.69) is 10.3 Å². The zero-order valence-corrected chi connectivity index (χ0v) is 19.5. The van der Waals surface area contributed by atoms with Crippen molar-refractivity contribution in [1.82, 2.24) is 9.29 Å². The first-order chi connectivity index (χ1) is 14.8. The summed E-state index contributed by atoms with van der Waals surface area (Å²) in [5.41, 5.74) is 1.43. The van der Waals surface area contributed by atoms with Gasteiger partial charge in [-0.25, -0.2) is 13.4 Å². The van der Waals surface area contributed by atoms with E-state index >= 15 is 0 Å². The van der Waals surface area contributed by atoms with Crippen molar-refractivity contribution in [1.29, 1.82) is 0 Å². The van der Waals surface area contributed by atoms with Gasteiger partial charge in [0.15, 0.2) is 5.58 Å². The summed E-state index contributed by atoms with van der Waals surface area (Å²) in [6, 6.07) is 9.42. The summed E-state index contributed by atoms with van der Waals surface area (Å²) in [4.78, 5) is 16.8. The average molecular weight is 500 g/mol. The van der Waals surface area contributed by atoms with E-state index in [4.69, 9.17) is 27.6 Å². The molecule has 0 spiro atoms. The monoisotopic (exact) mass is 499 g/mol. The lowest BCUT2D eigenvalue weighted by Gasteiger charge is -2.26. The van der Waals surface area contributed by atoms with E-state index in [-0.39, 0.29) is 27.3 Å². The summed E-state index contributed by atoms with van der Waals surface area (Å²) in [7, 11) is -3.63. The quantitative estimate of drug-likeness (QED) is 0.477. The molecule has 0 aliphatic carbocycles. The van der Waals surface area contributed by atoms with E-state index in [1.807, 2.05) is 0 Å². The second-order valence-corrected chi connectivity index (χ2v) is 10.7. The number of amides is 1. The molecule has 11 heteroatoms. The van der Waals surface area contributed by atoms with Crippen LogP contribution in [-0.2, 0) is 14.8 Å². The number of anilines is 1. The number of oxazole rings is 1. The minimum Gasteiger partial charge on any atom is -0.431 e. The smallest absolute Gasteiger partial charge is 0.257 e. The summed E-state index contributed by atoms with van der Waals surface area (Å²) in [5.74, 6) is -0.348. The van der Waals surface area contributed by atoms with Gasteiger partial charge in [0.1, 0.15) is 5.52 Å². The SMILES string of the molecule is O=C(CSc1nc2cc(Cl)ccc2o1)Nc1cc(S(=O)(=O)N2CCCCC2)ccc1Cl. The van der Waals surface area contributed by atoms with E-state index in [0.717, 1.165) is 31.0 Å². The molecular weight excluding hydrogens is 481 g/mol. The number of thioether (sulfide) groups is 1. The van der Waals surface area contributed by atoms with E-state index in [0.29, 0.717) is 34.4 Å². The lowest BCUT2D eigenvalue weighted by molar-refractivity contribution is -0.113. The third kappa shape index (κ3) is 5.18. The zero-order valence-electron chi connectivity index (χ0n) is 16.3. The van der Waals surface area contributed by atoms with Crippen LogP contribution in [0.15, 0.2) is 50.9 Å². The number of nitrogens with one attached hydrogen (secondary N) is 1. The highest BCUT2D eigenvalue weighted by molar-refractivity contribution is 7.99. The molecule has 0 radical (unpaired) electrons. The van der Waals surface area contributed by atoms with Crippen LogP contribution in [0.4, 0.5) is 5.69 Å². The number of sulfonamides is 1. The lowest BCUT2D eigenvalue weighted by Crippen LogP contribution is -2.35. The number of benzene rings is 2. The van der Waals surface area contributed by atoms with Gasteiger partial charge in [0.2, 0.25) is 15.9 Å². The number of fused-ring (bicyclic) bond motifs is 1. The largest absolute Gasteiger partial charge is 0.431 e. The van der Waals surface area contributed by atoms with E-state index in [1.54, 1.807) is 18.2 Å². The van der Waals surface area contributed by atoms with Gasteiger partial charge in [-0.2, -0.15) is 4.31 Å². The van der Waals surface area contributed by atoms with Crippen LogP contribution in [0.5, 0.6) is 0 Å². The van der Waals surface area contributed by atoms with Crippen molar-refractivity contribution < 1.29 is 17.6 Å². The van der Waals surface area contributed by atoms with Crippen molar-refractivity contribution in [2.75, 3.05) is 24.2 Å². The lowest BCUT2D eigenvalue weighted by atomic mass is 10.2. The Labute approximate surface area is 194 Å². The van der Waals surface area contributed by atoms with Gasteiger partial charge in [-0.05, 0) is 49.2 Å². The van der Waals surface area contributed by atoms with Crippen LogP contribution in [0, 0.1) is 0 Å². The number of halogens is 2. The second kappa shape index (κ2) is 9.38. The first-order valence-electron chi connectivity index (χ1n) is 9.61. The highest BCUT2D eigenvalue weighted by Gasteiger charge is 2.26. The summed E-state index contributed by atoms with van der Waals surface area (Å²) < 4.78 is 32.8. The molecular formula is C20H19Cl2N3O4S2. The number of hydrogen-bond acceptors (Lipinski definition) is 6. The van der Waals surface area contributed by atoms with Crippen LogP contribution >= 0.6 is 35.0 Å². The minimum absolute atomic E-state index is 0.0139. The molecule has 4 rings (SSSR count). The van der Waals surface area contributed by atoms with Crippen molar-refractivity contribution in [3.63, 3.8) is 0 Å². The average Bonchev–Trinajstić information content (AvgIpc) is 3.16. The molecule has 1 amide bonds. The molecule has 0 atom stereocenters. The van der Waals surface area contributed by atoms with E-state index in [9.17, 15) is 13.2 Å². The van der Waals surface area contributed by atoms with Gasteiger partial charge in [0, 0.05) is 18.1 Å². The summed E-state index contributed by atoms with van der Waals surface area (Å²) in [5, 5.41) is 3.81. The van der Waals surface area contributed by atoms with E-state index in [1.165, 1.54) is 22.5 Å². The van der Waals surface area contributed by atoms with Gasteiger partial charge in [-0.1, -0.05) is 41.4 Å². The first kappa shape index (κ1) is 22.4. The molecule has 1 fully saturated rings. The Kier molecular flexibility index (Phi) is 6.78. The zero-order chi connectivity index (χ0) is 22.0. The maximum absolute atomic E-state index is 12.9. The predicted octanol–water partition coefficient (Wildman–Crippen LogP) is 5.04. The predicted molar refractivity (Wildman–Crippen MR) is 122 cm³/mol. The van der Waals surface area contributed by atoms with Crippen LogP contribution in [0.25, 0.3) is 11.1 Å². The summed E-state index contributed by atoms with van der Waals surface area (Å²) in [6.07, 6.45) is 2.71. The van der Waals surface area contributed by atoms with Crippen LogP contribution < -0.4 is 5.32 Å². The molecule has 1 saturated heterocycles. The standard InChI is InChI=1S/C20H19Cl2N3O4S2/c21-13-4-7-18-17(10-13)24-20(29-18)30-12-19(26)23-16-11-14(5-6-15(16)22)31(27,28)25-8-2-1-3-9-25/h4-7,10-11H,1-3,8-9,12H2,(H,23,26). The number of aromatic nitrogens is 1. The molecule has 164 valence electrons. The molecule has 1 aromatic heterocycles.